The molecule has 2 aromatic rings. The van der Waals surface area contributed by atoms with Gasteiger partial charge in [-0.3, -0.25) is 14.4 Å². The number of unbranched alkanes of at least 4 members (excludes halogenated alkanes) is 1. The number of carbonyl (C=O) groups excluding carboxylic acids is 3. The molecule has 0 aromatic heterocycles. The Morgan fingerprint density at radius 2 is 1.77 bits per heavy atom. The number of nitrogens with zero attached hydrogens (tertiary/aromatic N) is 2. The minimum atomic E-state index is -0.659. The van der Waals surface area contributed by atoms with Crippen LogP contribution in [-0.2, 0) is 20.9 Å². The minimum absolute atomic E-state index is 0.0213. The van der Waals surface area contributed by atoms with Gasteiger partial charge >= 0.3 is 0 Å². The average molecular weight is 565 g/mol. The second kappa shape index (κ2) is 12.2. The van der Waals surface area contributed by atoms with Crippen LogP contribution in [0.3, 0.4) is 0 Å². The van der Waals surface area contributed by atoms with Gasteiger partial charge in [0.1, 0.15) is 6.04 Å². The van der Waals surface area contributed by atoms with Crippen LogP contribution < -0.4 is 15.5 Å². The number of carbonyl (C=O) groups is 3. The lowest BCUT2D eigenvalue weighted by molar-refractivity contribution is -0.139. The molecular formula is C31H40N4O4S. The van der Waals surface area contributed by atoms with Crippen molar-refractivity contribution in [3.05, 3.63) is 60.2 Å². The van der Waals surface area contributed by atoms with Gasteiger partial charge in [0.05, 0.1) is 16.6 Å². The zero-order chi connectivity index (χ0) is 28.3. The molecular weight excluding hydrogens is 524 g/mol. The van der Waals surface area contributed by atoms with Gasteiger partial charge in [0, 0.05) is 49.4 Å². The molecule has 2 unspecified atom stereocenters. The quantitative estimate of drug-likeness (QED) is 0.340. The predicted molar refractivity (Wildman–Crippen MR) is 159 cm³/mol. The van der Waals surface area contributed by atoms with Crippen molar-refractivity contribution in [1.82, 2.24) is 10.2 Å². The van der Waals surface area contributed by atoms with Crippen LogP contribution >= 0.6 is 11.8 Å². The summed E-state index contributed by atoms with van der Waals surface area (Å²) in [6, 6.07) is 16.9. The molecule has 3 aliphatic rings. The lowest BCUT2D eigenvalue weighted by Gasteiger charge is -2.34. The van der Waals surface area contributed by atoms with E-state index >= 15 is 0 Å². The van der Waals surface area contributed by atoms with E-state index in [4.69, 9.17) is 0 Å². The van der Waals surface area contributed by atoms with Crippen LogP contribution in [0.4, 0.5) is 11.4 Å². The number of hydrogen-bond donors (Lipinski definition) is 3. The van der Waals surface area contributed by atoms with Crippen LogP contribution in [0, 0.1) is 11.8 Å². The van der Waals surface area contributed by atoms with Crippen molar-refractivity contribution in [2.45, 2.75) is 62.1 Å². The molecule has 0 radical (unpaired) electrons. The van der Waals surface area contributed by atoms with E-state index in [1.807, 2.05) is 54.6 Å². The number of fused-ring (bicyclic) bond motifs is 1. The molecule has 9 heteroatoms. The van der Waals surface area contributed by atoms with Crippen LogP contribution in [0.1, 0.15) is 45.1 Å². The Morgan fingerprint density at radius 1 is 1.05 bits per heavy atom. The lowest BCUT2D eigenvalue weighted by atomic mass is 9.70. The number of thioether (sulfide) groups is 1. The van der Waals surface area contributed by atoms with Crippen molar-refractivity contribution in [2.75, 3.05) is 36.5 Å². The zero-order valence-electron chi connectivity index (χ0n) is 23.3. The Morgan fingerprint density at radius 3 is 2.45 bits per heavy atom. The smallest absolute Gasteiger partial charge is 0.248 e. The molecule has 0 aliphatic carbocycles. The van der Waals surface area contributed by atoms with Gasteiger partial charge in [-0.2, -0.15) is 0 Å². The Bertz CT molecular complexity index is 1210. The number of rotatable bonds is 12. The van der Waals surface area contributed by atoms with Crippen molar-refractivity contribution in [2.24, 2.45) is 11.8 Å². The zero-order valence-corrected chi connectivity index (χ0v) is 24.2. The number of nitrogens with one attached hydrogen (secondary N) is 2. The van der Waals surface area contributed by atoms with Gasteiger partial charge in [-0.05, 0) is 69.4 Å². The van der Waals surface area contributed by atoms with E-state index in [-0.39, 0.29) is 29.6 Å². The summed E-state index contributed by atoms with van der Waals surface area (Å²) >= 11 is 1.67. The van der Waals surface area contributed by atoms with E-state index in [9.17, 15) is 19.5 Å². The summed E-state index contributed by atoms with van der Waals surface area (Å²) < 4.78 is -0.624. The predicted octanol–water partition coefficient (Wildman–Crippen LogP) is 3.65. The molecule has 2 aromatic carbocycles. The van der Waals surface area contributed by atoms with Crippen molar-refractivity contribution in [1.29, 1.82) is 0 Å². The largest absolute Gasteiger partial charge is 0.396 e. The van der Waals surface area contributed by atoms with Crippen LogP contribution in [0.25, 0.3) is 0 Å². The molecule has 2 bridgehead atoms. The Labute approximate surface area is 240 Å². The van der Waals surface area contributed by atoms with E-state index in [0.717, 1.165) is 37.2 Å². The minimum Gasteiger partial charge on any atom is -0.396 e. The number of anilines is 2. The monoisotopic (exact) mass is 564 g/mol. The van der Waals surface area contributed by atoms with Gasteiger partial charge in [0.15, 0.2) is 0 Å². The number of amides is 3. The van der Waals surface area contributed by atoms with E-state index in [2.05, 4.69) is 29.4 Å². The van der Waals surface area contributed by atoms with E-state index < -0.39 is 22.6 Å². The molecule has 214 valence electrons. The summed E-state index contributed by atoms with van der Waals surface area (Å²) in [5, 5.41) is 15.5. The Kier molecular flexibility index (Phi) is 8.71. The molecule has 3 aliphatic heterocycles. The van der Waals surface area contributed by atoms with Crippen molar-refractivity contribution >= 4 is 40.9 Å². The van der Waals surface area contributed by atoms with Crippen molar-refractivity contribution < 1.29 is 19.5 Å². The number of hydrogen-bond acceptors (Lipinski definition) is 6. The summed E-state index contributed by atoms with van der Waals surface area (Å²) in [4.78, 5) is 45.4. The topological polar surface area (TPSA) is 102 Å². The first-order chi connectivity index (χ1) is 19.4. The fourth-order valence-corrected chi connectivity index (χ4v) is 9.07. The van der Waals surface area contributed by atoms with Crippen molar-refractivity contribution in [3.63, 3.8) is 0 Å². The average Bonchev–Trinajstić information content (AvgIpc) is 3.61. The fourth-order valence-electron chi connectivity index (χ4n) is 6.85. The molecule has 3 N–H and O–H groups in total. The van der Waals surface area contributed by atoms with Gasteiger partial charge in [-0.1, -0.05) is 30.3 Å². The highest BCUT2D eigenvalue weighted by molar-refractivity contribution is 8.02. The molecule has 5 atom stereocenters. The second-order valence-corrected chi connectivity index (χ2v) is 12.5. The van der Waals surface area contributed by atoms with Crippen LogP contribution in [0.5, 0.6) is 0 Å². The highest BCUT2D eigenvalue weighted by Gasteiger charge is 2.73. The Balaban J connectivity index is 1.37. The normalized spacial score (nSPS) is 26.6. The lowest BCUT2D eigenvalue weighted by Crippen LogP contribution is -2.51. The maximum absolute atomic E-state index is 14.0. The number of likely N-dealkylation sites (tertiary alicyclic amines) is 1. The Hall–Kier alpha value is -3.04. The molecule has 3 fully saturated rings. The molecule has 3 amide bonds. The summed E-state index contributed by atoms with van der Waals surface area (Å²) in [5.41, 5.74) is 2.80. The first kappa shape index (κ1) is 28.5. The third kappa shape index (κ3) is 5.21. The summed E-state index contributed by atoms with van der Waals surface area (Å²) in [6.45, 7) is 6.86. The maximum Gasteiger partial charge on any atom is 0.248 e. The molecule has 5 rings (SSSR count). The molecule has 1 spiro atoms. The SMILES string of the molecule is CCN(CC)c1ccc(NC(=O)C2N(CCCCO)C(=O)[C@@H]3[C@@H](C(=O)NCc4ccccc4)[C@H]4CCC23S4)cc1. The molecule has 0 saturated carbocycles. The molecule has 3 heterocycles. The first-order valence-corrected chi connectivity index (χ1v) is 15.4. The number of aliphatic hydroxyl groups excluding tert-OH is 1. The maximum atomic E-state index is 14.0. The summed E-state index contributed by atoms with van der Waals surface area (Å²) in [5.74, 6) is -1.40. The van der Waals surface area contributed by atoms with Gasteiger partial charge in [-0.25, -0.2) is 0 Å². The van der Waals surface area contributed by atoms with Crippen LogP contribution in [-0.4, -0.2) is 70.0 Å². The summed E-state index contributed by atoms with van der Waals surface area (Å²) in [6.07, 6.45) is 2.70. The van der Waals surface area contributed by atoms with E-state index in [0.29, 0.717) is 31.6 Å². The highest BCUT2D eigenvalue weighted by Crippen LogP contribution is 2.66. The fraction of sp³-hybridized carbons (Fsp3) is 0.516. The van der Waals surface area contributed by atoms with E-state index in [1.165, 1.54) is 0 Å². The standard InChI is InChI=1S/C31H40N4O4S/c1-3-34(4-2)23-14-12-22(13-15-23)33-29(38)27-31-17-16-24(40-31)25(26(31)30(39)35(27)18-8-9-19-36)28(37)32-20-21-10-6-5-7-11-21/h5-7,10-15,24-27,36H,3-4,8-9,16-20H2,1-2H3,(H,32,37)(H,33,38)/t24-,25+,26+,27?,31?/m1/s1. The van der Waals surface area contributed by atoms with Crippen LogP contribution in [0.15, 0.2) is 54.6 Å². The molecule has 8 nitrogen and oxygen atoms in total. The van der Waals surface area contributed by atoms with Gasteiger partial charge in [-0.15, -0.1) is 11.8 Å². The number of aliphatic hydroxyl groups is 1. The molecule has 3 saturated heterocycles. The third-order valence-electron chi connectivity index (χ3n) is 8.73. The number of benzene rings is 2. The van der Waals surface area contributed by atoms with Gasteiger partial charge in [0.2, 0.25) is 17.7 Å². The highest BCUT2D eigenvalue weighted by atomic mass is 32.2. The first-order valence-electron chi connectivity index (χ1n) is 14.5. The third-order valence-corrected chi connectivity index (χ3v) is 10.7. The van der Waals surface area contributed by atoms with Crippen molar-refractivity contribution in [3.8, 4) is 0 Å². The summed E-state index contributed by atoms with van der Waals surface area (Å²) in [7, 11) is 0. The van der Waals surface area contributed by atoms with Gasteiger partial charge in [0.25, 0.3) is 0 Å². The van der Waals surface area contributed by atoms with E-state index in [1.54, 1.807) is 16.7 Å². The van der Waals surface area contributed by atoms with Crippen LogP contribution in [0.2, 0.25) is 0 Å². The van der Waals surface area contributed by atoms with Gasteiger partial charge < -0.3 is 25.5 Å². The molecule has 40 heavy (non-hydrogen) atoms. The second-order valence-electron chi connectivity index (χ2n) is 10.9.